The van der Waals surface area contributed by atoms with Crippen LogP contribution in [0.15, 0.2) is 27.6 Å². The van der Waals surface area contributed by atoms with Crippen LogP contribution in [0.25, 0.3) is 0 Å². The highest BCUT2D eigenvalue weighted by molar-refractivity contribution is 9.10. The van der Waals surface area contributed by atoms with Gasteiger partial charge in [0.05, 0.1) is 16.1 Å². The van der Waals surface area contributed by atoms with Crippen LogP contribution >= 0.6 is 15.9 Å². The zero-order valence-electron chi connectivity index (χ0n) is 11.6. The number of primary sulfonamides is 1. The first kappa shape index (κ1) is 16.4. The van der Waals surface area contributed by atoms with Gasteiger partial charge in [0.1, 0.15) is 0 Å². The molecule has 1 atom stereocenters. The maximum absolute atomic E-state index is 12.4. The molecule has 8 heteroatoms. The summed E-state index contributed by atoms with van der Waals surface area (Å²) in [6.45, 7) is 2.68. The van der Waals surface area contributed by atoms with E-state index in [0.29, 0.717) is 10.2 Å². The van der Waals surface area contributed by atoms with E-state index in [-0.39, 0.29) is 10.8 Å². The Morgan fingerprint density at radius 3 is 2.67 bits per heavy atom. The molecule has 0 saturated carbocycles. The third-order valence-corrected chi connectivity index (χ3v) is 5.20. The van der Waals surface area contributed by atoms with E-state index in [9.17, 15) is 13.2 Å². The minimum atomic E-state index is -3.76. The molecule has 116 valence electrons. The zero-order chi connectivity index (χ0) is 15.7. The molecule has 2 rings (SSSR count). The second-order valence-corrected chi connectivity index (χ2v) is 7.77. The summed E-state index contributed by atoms with van der Waals surface area (Å²) in [6.07, 6.45) is 2.84. The van der Waals surface area contributed by atoms with Crippen LogP contribution in [-0.4, -0.2) is 26.4 Å². The van der Waals surface area contributed by atoms with Gasteiger partial charge in [0.25, 0.3) is 0 Å². The molecule has 1 saturated heterocycles. The molecule has 1 amide bonds. The number of nitrogens with one attached hydrogen (secondary N) is 2. The van der Waals surface area contributed by atoms with Crippen LogP contribution in [0.5, 0.6) is 0 Å². The lowest BCUT2D eigenvalue weighted by atomic mass is 9.90. The summed E-state index contributed by atoms with van der Waals surface area (Å²) in [5, 5.41) is 11.1. The fourth-order valence-electron chi connectivity index (χ4n) is 2.28. The molecule has 1 fully saturated rings. The lowest BCUT2D eigenvalue weighted by Gasteiger charge is -2.33. The quantitative estimate of drug-likeness (QED) is 0.745. The molecule has 1 unspecified atom stereocenters. The molecule has 1 aromatic carbocycles. The summed E-state index contributed by atoms with van der Waals surface area (Å²) < 4.78 is 23.0. The Hall–Kier alpha value is -0.960. The average Bonchev–Trinajstić information content (AvgIpc) is 2.40. The van der Waals surface area contributed by atoms with Crippen molar-refractivity contribution < 1.29 is 13.2 Å². The van der Waals surface area contributed by atoms with Crippen LogP contribution in [0.1, 0.15) is 26.2 Å². The summed E-state index contributed by atoms with van der Waals surface area (Å²) in [6, 6.07) is 4.27. The van der Waals surface area contributed by atoms with Crippen molar-refractivity contribution in [3.8, 4) is 0 Å². The Morgan fingerprint density at radius 2 is 2.14 bits per heavy atom. The minimum Gasteiger partial charge on any atom is -0.323 e. The minimum absolute atomic E-state index is 0.00521. The molecule has 0 aromatic heterocycles. The maximum Gasteiger partial charge on any atom is 0.244 e. The summed E-state index contributed by atoms with van der Waals surface area (Å²) in [5.74, 6) is -0.133. The van der Waals surface area contributed by atoms with E-state index in [1.165, 1.54) is 18.2 Å². The predicted molar refractivity (Wildman–Crippen MR) is 84.4 cm³/mol. The summed E-state index contributed by atoms with van der Waals surface area (Å²) in [7, 11) is -3.76. The molecule has 0 aliphatic carbocycles. The Bertz CT molecular complexity index is 655. The normalized spacial score (nSPS) is 22.8. The zero-order valence-corrected chi connectivity index (χ0v) is 14.1. The number of nitrogens with two attached hydrogens (primary N) is 1. The largest absolute Gasteiger partial charge is 0.323 e. The number of carbonyl (C=O) groups is 1. The molecular weight excluding hydrogens is 358 g/mol. The van der Waals surface area contributed by atoms with Crippen molar-refractivity contribution in [1.82, 2.24) is 5.32 Å². The fraction of sp³-hybridized carbons (Fsp3) is 0.462. The highest BCUT2D eigenvalue weighted by Gasteiger charge is 2.34. The predicted octanol–water partition coefficient (Wildman–Crippen LogP) is 1.57. The Balaban J connectivity index is 2.18. The molecule has 1 aliphatic rings. The van der Waals surface area contributed by atoms with E-state index in [1.807, 2.05) is 6.92 Å². The summed E-state index contributed by atoms with van der Waals surface area (Å²) in [5.41, 5.74) is -0.0861. The summed E-state index contributed by atoms with van der Waals surface area (Å²) >= 11 is 3.25. The Kier molecular flexibility index (Phi) is 4.72. The number of halogens is 1. The van der Waals surface area contributed by atoms with Gasteiger partial charge in [-0.3, -0.25) is 4.79 Å². The van der Waals surface area contributed by atoms with Gasteiger partial charge >= 0.3 is 0 Å². The van der Waals surface area contributed by atoms with Gasteiger partial charge in [-0.15, -0.1) is 0 Å². The van der Waals surface area contributed by atoms with Gasteiger partial charge in [0.2, 0.25) is 15.9 Å². The van der Waals surface area contributed by atoms with Gasteiger partial charge in [-0.2, -0.15) is 0 Å². The SMILES string of the molecule is CC1(C(=O)Nc2ccc(S(N)(=O)=O)cc2Br)CCCCN1. The number of piperidine rings is 1. The number of benzene rings is 1. The molecule has 6 nitrogen and oxygen atoms in total. The lowest BCUT2D eigenvalue weighted by Crippen LogP contribution is -2.54. The van der Waals surface area contributed by atoms with E-state index in [2.05, 4.69) is 26.6 Å². The third kappa shape index (κ3) is 3.82. The van der Waals surface area contributed by atoms with Gasteiger partial charge in [0, 0.05) is 4.47 Å². The number of anilines is 1. The van der Waals surface area contributed by atoms with Gasteiger partial charge in [-0.1, -0.05) is 0 Å². The number of rotatable bonds is 3. The third-order valence-electron chi connectivity index (χ3n) is 3.64. The monoisotopic (exact) mass is 375 g/mol. The average molecular weight is 376 g/mol. The highest BCUT2D eigenvalue weighted by Crippen LogP contribution is 2.27. The van der Waals surface area contributed by atoms with Crippen LogP contribution in [-0.2, 0) is 14.8 Å². The molecule has 0 radical (unpaired) electrons. The van der Waals surface area contributed by atoms with Crippen molar-refractivity contribution in [2.75, 3.05) is 11.9 Å². The lowest BCUT2D eigenvalue weighted by molar-refractivity contribution is -0.122. The molecule has 1 heterocycles. The smallest absolute Gasteiger partial charge is 0.244 e. The standard InChI is InChI=1S/C13H18BrN3O3S/c1-13(6-2-3-7-16-13)12(18)17-11-5-4-9(8-10(11)14)21(15,19)20/h4-5,8,16H,2-3,6-7H2,1H3,(H,17,18)(H2,15,19,20). The van der Waals surface area contributed by atoms with Gasteiger partial charge < -0.3 is 10.6 Å². The van der Waals surface area contributed by atoms with Crippen LogP contribution in [0.4, 0.5) is 5.69 Å². The highest BCUT2D eigenvalue weighted by atomic mass is 79.9. The van der Waals surface area contributed by atoms with Crippen molar-refractivity contribution in [3.63, 3.8) is 0 Å². The van der Waals surface area contributed by atoms with Crippen LogP contribution in [0.3, 0.4) is 0 Å². The molecule has 21 heavy (non-hydrogen) atoms. The van der Waals surface area contributed by atoms with Gasteiger partial charge in [-0.25, -0.2) is 13.6 Å². The van der Waals surface area contributed by atoms with Crippen LogP contribution in [0, 0.1) is 0 Å². The molecule has 1 aromatic rings. The van der Waals surface area contributed by atoms with Crippen molar-refractivity contribution in [1.29, 1.82) is 0 Å². The van der Waals surface area contributed by atoms with Gasteiger partial charge in [0.15, 0.2) is 0 Å². The second-order valence-electron chi connectivity index (χ2n) is 5.36. The van der Waals surface area contributed by atoms with E-state index in [0.717, 1.165) is 25.8 Å². The van der Waals surface area contributed by atoms with Crippen LogP contribution < -0.4 is 15.8 Å². The Morgan fingerprint density at radius 1 is 1.43 bits per heavy atom. The molecule has 1 aliphatic heterocycles. The van der Waals surface area contributed by atoms with Crippen molar-refractivity contribution in [2.24, 2.45) is 5.14 Å². The molecular formula is C13H18BrN3O3S. The van der Waals surface area contributed by atoms with Crippen molar-refractivity contribution in [3.05, 3.63) is 22.7 Å². The number of amides is 1. The van der Waals surface area contributed by atoms with Gasteiger partial charge in [-0.05, 0) is 66.9 Å². The van der Waals surface area contributed by atoms with E-state index >= 15 is 0 Å². The van der Waals surface area contributed by atoms with Crippen molar-refractivity contribution >= 4 is 37.5 Å². The van der Waals surface area contributed by atoms with E-state index in [1.54, 1.807) is 0 Å². The van der Waals surface area contributed by atoms with Crippen molar-refractivity contribution in [2.45, 2.75) is 36.6 Å². The fourth-order valence-corrected chi connectivity index (χ4v) is 3.45. The number of carbonyl (C=O) groups excluding carboxylic acids is 1. The number of sulfonamides is 1. The summed E-state index contributed by atoms with van der Waals surface area (Å²) in [4.78, 5) is 12.4. The number of hydrogen-bond donors (Lipinski definition) is 3. The maximum atomic E-state index is 12.4. The number of hydrogen-bond acceptors (Lipinski definition) is 4. The topological polar surface area (TPSA) is 101 Å². The van der Waals surface area contributed by atoms with E-state index in [4.69, 9.17) is 5.14 Å². The van der Waals surface area contributed by atoms with E-state index < -0.39 is 15.6 Å². The molecule has 0 spiro atoms. The molecule has 4 N–H and O–H groups in total. The van der Waals surface area contributed by atoms with Crippen LogP contribution in [0.2, 0.25) is 0 Å². The first-order chi connectivity index (χ1) is 9.72. The first-order valence-corrected chi connectivity index (χ1v) is 8.95. The molecule has 0 bridgehead atoms. The Labute approximate surface area is 132 Å². The second kappa shape index (κ2) is 6.04. The first-order valence-electron chi connectivity index (χ1n) is 6.61.